The maximum Gasteiger partial charge on any atom is 0.101 e. The minimum absolute atomic E-state index is 0.926. The van der Waals surface area contributed by atoms with Crippen LogP contribution in [-0.4, -0.2) is 32.8 Å². The number of allylic oxidation sites excluding steroid dienone is 2. The van der Waals surface area contributed by atoms with Crippen LogP contribution < -0.4 is 4.90 Å². The number of nitrogens with one attached hydrogen (secondary N) is 1. The van der Waals surface area contributed by atoms with Crippen molar-refractivity contribution >= 4 is 0 Å². The van der Waals surface area contributed by atoms with Gasteiger partial charge in [0.05, 0.1) is 19.8 Å². The fourth-order valence-corrected chi connectivity index (χ4v) is 3.36. The molecule has 1 N–H and O–H groups in total. The summed E-state index contributed by atoms with van der Waals surface area (Å²) in [7, 11) is 0. The summed E-state index contributed by atoms with van der Waals surface area (Å²) in [6.07, 6.45) is 7.83. The van der Waals surface area contributed by atoms with E-state index >= 15 is 0 Å². The topological polar surface area (TPSA) is 13.7 Å². The van der Waals surface area contributed by atoms with E-state index in [9.17, 15) is 0 Å². The highest BCUT2D eigenvalue weighted by atomic mass is 16.5. The second-order valence-corrected chi connectivity index (χ2v) is 5.11. The number of fused-ring (bicyclic) bond motifs is 2. The molecule has 2 fully saturated rings. The van der Waals surface area contributed by atoms with Gasteiger partial charge < -0.3 is 9.64 Å². The first-order valence-electron chi connectivity index (χ1n) is 6.01. The molecule has 1 aliphatic heterocycles. The van der Waals surface area contributed by atoms with Crippen LogP contribution in [0.4, 0.5) is 0 Å². The van der Waals surface area contributed by atoms with E-state index in [1.807, 2.05) is 0 Å². The zero-order valence-electron chi connectivity index (χ0n) is 8.74. The molecule has 2 nitrogen and oxygen atoms in total. The van der Waals surface area contributed by atoms with Gasteiger partial charge in [0, 0.05) is 5.92 Å². The molecule has 2 heteroatoms. The highest BCUT2D eigenvalue weighted by Gasteiger charge is 2.37. The van der Waals surface area contributed by atoms with Gasteiger partial charge in [0.1, 0.15) is 13.1 Å². The Hall–Kier alpha value is -0.340. The Labute approximate surface area is 85.9 Å². The van der Waals surface area contributed by atoms with Crippen LogP contribution >= 0.6 is 0 Å². The van der Waals surface area contributed by atoms with E-state index in [1.165, 1.54) is 32.5 Å². The monoisotopic (exact) mass is 194 g/mol. The second kappa shape index (κ2) is 3.67. The Balaban J connectivity index is 1.54. The lowest BCUT2D eigenvalue weighted by Gasteiger charge is -2.28. The van der Waals surface area contributed by atoms with Crippen molar-refractivity contribution in [2.45, 2.75) is 12.8 Å². The second-order valence-electron chi connectivity index (χ2n) is 5.11. The molecule has 1 heterocycles. The summed E-state index contributed by atoms with van der Waals surface area (Å²) in [6, 6.07) is 0. The molecule has 1 saturated heterocycles. The standard InChI is InChI=1S/C12H19NO/c1-2-11-7-10(1)8-12(11)9-13-3-5-14-6-4-13/h1-2,10-12H,3-9H2/p+1/t10-,11+,12+/m0/s1. The summed E-state index contributed by atoms with van der Waals surface area (Å²) in [5, 5.41) is 0. The van der Waals surface area contributed by atoms with Crippen LogP contribution in [0.3, 0.4) is 0 Å². The summed E-state index contributed by atoms with van der Waals surface area (Å²) < 4.78 is 5.39. The third-order valence-electron chi connectivity index (χ3n) is 4.17. The quantitative estimate of drug-likeness (QED) is 0.616. The van der Waals surface area contributed by atoms with Gasteiger partial charge in [0.15, 0.2) is 0 Å². The van der Waals surface area contributed by atoms with Crippen molar-refractivity contribution in [2.75, 3.05) is 32.8 Å². The average Bonchev–Trinajstić information content (AvgIpc) is 2.81. The Bertz CT molecular complexity index is 232. The third-order valence-corrected chi connectivity index (χ3v) is 4.17. The fraction of sp³-hybridized carbons (Fsp3) is 0.833. The predicted octanol–water partition coefficient (Wildman–Crippen LogP) is 0.114. The van der Waals surface area contributed by atoms with Gasteiger partial charge in [-0.25, -0.2) is 0 Å². The Morgan fingerprint density at radius 2 is 2.00 bits per heavy atom. The smallest absolute Gasteiger partial charge is 0.101 e. The van der Waals surface area contributed by atoms with Gasteiger partial charge in [-0.3, -0.25) is 0 Å². The highest BCUT2D eigenvalue weighted by Crippen LogP contribution is 2.42. The molecule has 0 aromatic rings. The molecule has 3 aliphatic rings. The average molecular weight is 194 g/mol. The van der Waals surface area contributed by atoms with Gasteiger partial charge in [0.2, 0.25) is 0 Å². The van der Waals surface area contributed by atoms with Crippen molar-refractivity contribution in [3.05, 3.63) is 12.2 Å². The molecule has 1 saturated carbocycles. The fourth-order valence-electron chi connectivity index (χ4n) is 3.36. The molecule has 3 atom stereocenters. The first kappa shape index (κ1) is 8.93. The van der Waals surface area contributed by atoms with Crippen LogP contribution in [0.2, 0.25) is 0 Å². The van der Waals surface area contributed by atoms with Crippen LogP contribution in [0, 0.1) is 17.8 Å². The number of hydrogen-bond acceptors (Lipinski definition) is 1. The normalized spacial score (nSPS) is 42.1. The molecule has 0 aromatic carbocycles. The van der Waals surface area contributed by atoms with Crippen molar-refractivity contribution in [1.29, 1.82) is 0 Å². The number of rotatable bonds is 2. The molecule has 0 aromatic heterocycles. The predicted molar refractivity (Wildman–Crippen MR) is 55.2 cm³/mol. The minimum Gasteiger partial charge on any atom is -0.370 e. The number of ether oxygens (including phenoxy) is 1. The summed E-state index contributed by atoms with van der Waals surface area (Å²) in [5.74, 6) is 2.85. The molecule has 14 heavy (non-hydrogen) atoms. The Kier molecular flexibility index (Phi) is 2.34. The van der Waals surface area contributed by atoms with Crippen LogP contribution in [0.15, 0.2) is 12.2 Å². The maximum atomic E-state index is 5.39. The maximum absolute atomic E-state index is 5.39. The van der Waals surface area contributed by atoms with E-state index in [-0.39, 0.29) is 0 Å². The van der Waals surface area contributed by atoms with Crippen molar-refractivity contribution in [3.63, 3.8) is 0 Å². The third kappa shape index (κ3) is 1.61. The van der Waals surface area contributed by atoms with Gasteiger partial charge >= 0.3 is 0 Å². The van der Waals surface area contributed by atoms with E-state index in [2.05, 4.69) is 12.2 Å². The summed E-state index contributed by atoms with van der Waals surface area (Å²) in [5.41, 5.74) is 0. The van der Waals surface area contributed by atoms with Crippen molar-refractivity contribution in [3.8, 4) is 0 Å². The van der Waals surface area contributed by atoms with E-state index in [1.54, 1.807) is 4.90 Å². The number of quaternary nitrogens is 1. The minimum atomic E-state index is 0.926. The number of morpholine rings is 1. The lowest BCUT2D eigenvalue weighted by atomic mass is 9.93. The van der Waals surface area contributed by atoms with Gasteiger partial charge in [-0.05, 0) is 24.7 Å². The van der Waals surface area contributed by atoms with Gasteiger partial charge in [-0.1, -0.05) is 12.2 Å². The molecule has 2 aliphatic carbocycles. The highest BCUT2D eigenvalue weighted by molar-refractivity contribution is 5.09. The van der Waals surface area contributed by atoms with Crippen LogP contribution in [-0.2, 0) is 4.74 Å². The summed E-state index contributed by atoms with van der Waals surface area (Å²) >= 11 is 0. The molecular formula is C12H20NO+. The molecule has 3 rings (SSSR count). The lowest BCUT2D eigenvalue weighted by molar-refractivity contribution is -0.911. The van der Waals surface area contributed by atoms with Crippen molar-refractivity contribution in [1.82, 2.24) is 0 Å². The molecule has 0 radical (unpaired) electrons. The Morgan fingerprint density at radius 1 is 1.14 bits per heavy atom. The largest absolute Gasteiger partial charge is 0.370 e. The summed E-state index contributed by atoms with van der Waals surface area (Å²) in [4.78, 5) is 1.78. The van der Waals surface area contributed by atoms with Gasteiger partial charge in [0.25, 0.3) is 0 Å². The molecule has 78 valence electrons. The molecular weight excluding hydrogens is 174 g/mol. The molecule has 0 unspecified atom stereocenters. The first-order chi connectivity index (χ1) is 6.92. The Morgan fingerprint density at radius 3 is 2.64 bits per heavy atom. The molecule has 0 spiro atoms. The van der Waals surface area contributed by atoms with Crippen LogP contribution in [0.25, 0.3) is 0 Å². The van der Waals surface area contributed by atoms with Crippen molar-refractivity contribution < 1.29 is 9.64 Å². The van der Waals surface area contributed by atoms with E-state index in [0.29, 0.717) is 0 Å². The van der Waals surface area contributed by atoms with Crippen LogP contribution in [0.5, 0.6) is 0 Å². The van der Waals surface area contributed by atoms with Crippen LogP contribution in [0.1, 0.15) is 12.8 Å². The molecule has 2 bridgehead atoms. The zero-order chi connectivity index (χ0) is 9.38. The summed E-state index contributed by atoms with van der Waals surface area (Å²) in [6.45, 7) is 5.82. The van der Waals surface area contributed by atoms with Gasteiger partial charge in [-0.15, -0.1) is 0 Å². The lowest BCUT2D eigenvalue weighted by Crippen LogP contribution is -3.14. The number of hydrogen-bond donors (Lipinski definition) is 1. The SMILES string of the molecule is C1=C[C@@H]2C[C@H]1C[C@@H]2C[NH+]1CCOCC1. The van der Waals surface area contributed by atoms with E-state index in [0.717, 1.165) is 31.0 Å². The van der Waals surface area contributed by atoms with Crippen molar-refractivity contribution in [2.24, 2.45) is 17.8 Å². The van der Waals surface area contributed by atoms with E-state index in [4.69, 9.17) is 4.74 Å². The molecule has 0 amide bonds. The van der Waals surface area contributed by atoms with Gasteiger partial charge in [-0.2, -0.15) is 0 Å². The zero-order valence-corrected chi connectivity index (χ0v) is 8.74. The van der Waals surface area contributed by atoms with E-state index < -0.39 is 0 Å². The first-order valence-corrected chi connectivity index (χ1v) is 6.01.